The second-order valence-electron chi connectivity index (χ2n) is 5.79. The summed E-state index contributed by atoms with van der Waals surface area (Å²) in [6.07, 6.45) is 1.04. The van der Waals surface area contributed by atoms with Crippen molar-refractivity contribution in [3.8, 4) is 5.69 Å². The Bertz CT molecular complexity index is 633. The first-order valence-electron chi connectivity index (χ1n) is 7.51. The second-order valence-corrected chi connectivity index (χ2v) is 5.79. The van der Waals surface area contributed by atoms with Gasteiger partial charge in [0.2, 0.25) is 0 Å². The van der Waals surface area contributed by atoms with Crippen LogP contribution in [0, 0.1) is 6.92 Å². The van der Waals surface area contributed by atoms with E-state index in [-0.39, 0.29) is 11.9 Å². The molecule has 0 bridgehead atoms. The first-order chi connectivity index (χ1) is 10.4. The third-order valence-corrected chi connectivity index (χ3v) is 3.59. The van der Waals surface area contributed by atoms with Crippen LogP contribution in [0.15, 0.2) is 36.5 Å². The topological polar surface area (TPSA) is 58.4 Å². The molecule has 1 heterocycles. The highest BCUT2D eigenvalue weighted by molar-refractivity contribution is 5.95. The molecule has 0 aliphatic heterocycles. The molecule has 0 saturated carbocycles. The Kier molecular flexibility index (Phi) is 4.98. The smallest absolute Gasteiger partial charge is 0.257 e. The molecule has 2 rings (SSSR count). The van der Waals surface area contributed by atoms with Gasteiger partial charge in [0.15, 0.2) is 0 Å². The van der Waals surface area contributed by atoms with Crippen LogP contribution >= 0.6 is 0 Å². The fraction of sp³-hybridized carbons (Fsp3) is 0.412. The van der Waals surface area contributed by atoms with E-state index in [9.17, 15) is 9.90 Å². The molecule has 2 aromatic rings. The fourth-order valence-corrected chi connectivity index (χ4v) is 2.42. The summed E-state index contributed by atoms with van der Waals surface area (Å²) in [7, 11) is 0. The predicted octanol–water partition coefficient (Wildman–Crippen LogP) is 2.41. The number of aromatic nitrogens is 2. The van der Waals surface area contributed by atoms with Crippen LogP contribution < -0.4 is 0 Å². The summed E-state index contributed by atoms with van der Waals surface area (Å²) < 4.78 is 1.76. The molecule has 0 saturated heterocycles. The van der Waals surface area contributed by atoms with Crippen molar-refractivity contribution in [1.29, 1.82) is 0 Å². The van der Waals surface area contributed by atoms with Gasteiger partial charge in [-0.2, -0.15) is 5.10 Å². The molecule has 0 spiro atoms. The number of aliphatic hydroxyl groups is 1. The molecular weight excluding hydrogens is 278 g/mol. The molecule has 0 aliphatic carbocycles. The summed E-state index contributed by atoms with van der Waals surface area (Å²) in [5, 5.41) is 13.9. The average molecular weight is 301 g/mol. The normalized spacial score (nSPS) is 12.5. The molecule has 0 radical (unpaired) electrons. The molecule has 1 aromatic heterocycles. The van der Waals surface area contributed by atoms with E-state index in [0.717, 1.165) is 11.4 Å². The molecule has 118 valence electrons. The molecule has 1 N–H and O–H groups in total. The lowest BCUT2D eigenvalue weighted by Crippen LogP contribution is -2.41. The van der Waals surface area contributed by atoms with Crippen molar-refractivity contribution in [2.24, 2.45) is 0 Å². The molecule has 5 nitrogen and oxygen atoms in total. The SMILES string of the molecule is Cc1c(C(=O)N(CC(C)O)C(C)C)cnn1-c1ccccc1. The molecule has 1 atom stereocenters. The number of carbonyl (C=O) groups is 1. The summed E-state index contributed by atoms with van der Waals surface area (Å²) in [4.78, 5) is 14.4. The van der Waals surface area contributed by atoms with Crippen molar-refractivity contribution in [2.45, 2.75) is 39.8 Å². The van der Waals surface area contributed by atoms with Crippen molar-refractivity contribution in [3.05, 3.63) is 47.8 Å². The number of hydrogen-bond donors (Lipinski definition) is 1. The van der Waals surface area contributed by atoms with E-state index in [1.54, 1.807) is 22.7 Å². The summed E-state index contributed by atoms with van der Waals surface area (Å²) >= 11 is 0. The Balaban J connectivity index is 2.33. The molecule has 0 fully saturated rings. The van der Waals surface area contributed by atoms with E-state index < -0.39 is 6.10 Å². The minimum Gasteiger partial charge on any atom is -0.392 e. The van der Waals surface area contributed by atoms with Crippen LogP contribution in [0.1, 0.15) is 36.8 Å². The van der Waals surface area contributed by atoms with Crippen molar-refractivity contribution < 1.29 is 9.90 Å². The monoisotopic (exact) mass is 301 g/mol. The second kappa shape index (κ2) is 6.75. The number of rotatable bonds is 5. The van der Waals surface area contributed by atoms with E-state index in [4.69, 9.17) is 0 Å². The lowest BCUT2D eigenvalue weighted by atomic mass is 10.2. The lowest BCUT2D eigenvalue weighted by Gasteiger charge is -2.27. The number of hydrogen-bond acceptors (Lipinski definition) is 3. The van der Waals surface area contributed by atoms with Gasteiger partial charge < -0.3 is 10.0 Å². The predicted molar refractivity (Wildman–Crippen MR) is 86.2 cm³/mol. The van der Waals surface area contributed by atoms with Crippen molar-refractivity contribution in [1.82, 2.24) is 14.7 Å². The van der Waals surface area contributed by atoms with Gasteiger partial charge in [-0.05, 0) is 39.8 Å². The van der Waals surface area contributed by atoms with Crippen LogP contribution in [0.4, 0.5) is 0 Å². The summed E-state index contributed by atoms with van der Waals surface area (Å²) in [5.74, 6) is -0.101. The van der Waals surface area contributed by atoms with E-state index >= 15 is 0 Å². The molecule has 1 unspecified atom stereocenters. The summed E-state index contributed by atoms with van der Waals surface area (Å²) in [5.41, 5.74) is 2.29. The van der Waals surface area contributed by atoms with Gasteiger partial charge in [0, 0.05) is 12.6 Å². The minimum atomic E-state index is -0.559. The number of aliphatic hydroxyl groups excluding tert-OH is 1. The third kappa shape index (κ3) is 3.36. The van der Waals surface area contributed by atoms with Gasteiger partial charge in [0.05, 0.1) is 29.2 Å². The number of para-hydroxylation sites is 1. The van der Waals surface area contributed by atoms with Gasteiger partial charge in [-0.1, -0.05) is 18.2 Å². The van der Waals surface area contributed by atoms with Gasteiger partial charge in [-0.25, -0.2) is 4.68 Å². The standard InChI is InChI=1S/C17H23N3O2/c1-12(2)19(11-13(3)21)17(22)16-10-18-20(14(16)4)15-8-6-5-7-9-15/h5-10,12-13,21H,11H2,1-4H3. The Morgan fingerprint density at radius 2 is 1.91 bits per heavy atom. The molecule has 1 aromatic carbocycles. The van der Waals surface area contributed by atoms with E-state index in [1.165, 1.54) is 0 Å². The van der Waals surface area contributed by atoms with Gasteiger partial charge >= 0.3 is 0 Å². The largest absolute Gasteiger partial charge is 0.392 e. The van der Waals surface area contributed by atoms with Crippen LogP contribution in [0.3, 0.4) is 0 Å². The van der Waals surface area contributed by atoms with Crippen LogP contribution in [-0.4, -0.2) is 44.4 Å². The van der Waals surface area contributed by atoms with Crippen molar-refractivity contribution in [2.75, 3.05) is 6.54 Å². The van der Waals surface area contributed by atoms with E-state index in [0.29, 0.717) is 12.1 Å². The van der Waals surface area contributed by atoms with Crippen LogP contribution in [-0.2, 0) is 0 Å². The summed E-state index contributed by atoms with van der Waals surface area (Å²) in [6.45, 7) is 7.76. The maximum atomic E-state index is 12.7. The molecule has 0 aliphatic rings. The van der Waals surface area contributed by atoms with Crippen LogP contribution in [0.5, 0.6) is 0 Å². The fourth-order valence-electron chi connectivity index (χ4n) is 2.42. The Morgan fingerprint density at radius 1 is 1.27 bits per heavy atom. The average Bonchev–Trinajstić information content (AvgIpc) is 2.86. The van der Waals surface area contributed by atoms with E-state index in [1.807, 2.05) is 51.1 Å². The van der Waals surface area contributed by atoms with Crippen molar-refractivity contribution >= 4 is 5.91 Å². The van der Waals surface area contributed by atoms with Gasteiger partial charge in [0.1, 0.15) is 0 Å². The highest BCUT2D eigenvalue weighted by Gasteiger charge is 2.24. The molecule has 1 amide bonds. The first kappa shape index (κ1) is 16.2. The highest BCUT2D eigenvalue weighted by atomic mass is 16.3. The van der Waals surface area contributed by atoms with Gasteiger partial charge in [-0.15, -0.1) is 0 Å². The maximum absolute atomic E-state index is 12.7. The summed E-state index contributed by atoms with van der Waals surface area (Å²) in [6, 6.07) is 9.73. The number of nitrogens with zero attached hydrogens (tertiary/aromatic N) is 3. The minimum absolute atomic E-state index is 0.0153. The molecule has 22 heavy (non-hydrogen) atoms. The van der Waals surface area contributed by atoms with Gasteiger partial charge in [-0.3, -0.25) is 4.79 Å². The van der Waals surface area contributed by atoms with Gasteiger partial charge in [0.25, 0.3) is 5.91 Å². The highest BCUT2D eigenvalue weighted by Crippen LogP contribution is 2.17. The number of benzene rings is 1. The number of carbonyl (C=O) groups excluding carboxylic acids is 1. The Hall–Kier alpha value is -2.14. The quantitative estimate of drug-likeness (QED) is 0.922. The lowest BCUT2D eigenvalue weighted by molar-refractivity contribution is 0.0578. The van der Waals surface area contributed by atoms with E-state index in [2.05, 4.69) is 5.10 Å². The van der Waals surface area contributed by atoms with Crippen LogP contribution in [0.25, 0.3) is 5.69 Å². The molecule has 5 heteroatoms. The molecular formula is C17H23N3O2. The zero-order valence-electron chi connectivity index (χ0n) is 13.5. The number of amides is 1. The Morgan fingerprint density at radius 3 is 2.45 bits per heavy atom. The van der Waals surface area contributed by atoms with Crippen LogP contribution in [0.2, 0.25) is 0 Å². The van der Waals surface area contributed by atoms with Crippen molar-refractivity contribution in [3.63, 3.8) is 0 Å². The Labute approximate surface area is 131 Å². The zero-order valence-corrected chi connectivity index (χ0v) is 13.5. The third-order valence-electron chi connectivity index (χ3n) is 3.59. The zero-order chi connectivity index (χ0) is 16.3. The maximum Gasteiger partial charge on any atom is 0.257 e. The first-order valence-corrected chi connectivity index (χ1v) is 7.51.